The van der Waals surface area contributed by atoms with Crippen LogP contribution in [0.15, 0.2) is 61.2 Å². The highest BCUT2D eigenvalue weighted by Gasteiger charge is 2.18. The van der Waals surface area contributed by atoms with Gasteiger partial charge in [0.2, 0.25) is 0 Å². The molecule has 1 aromatic carbocycles. The lowest BCUT2D eigenvalue weighted by molar-refractivity contribution is 0.181. The van der Waals surface area contributed by atoms with E-state index in [1.807, 2.05) is 20.0 Å². The van der Waals surface area contributed by atoms with Gasteiger partial charge in [-0.2, -0.15) is 0 Å². The standard InChI is InChI=1S/C17H28N2.C9H14/c1-15-5-3-4-6-17(15)8-7-16-9-12-19(13-10-16)14-11-18-2;1-3-5-7-9-8-6-4-2/h3-6,16,18H,7-14H2,1-2H3;3-7H,1,8-9H2,2H3/b;6-4?,7-5+. The van der Waals surface area contributed by atoms with Crippen LogP contribution in [0.3, 0.4) is 0 Å². The maximum Gasteiger partial charge on any atom is 0.0107 e. The summed E-state index contributed by atoms with van der Waals surface area (Å²) in [5, 5.41) is 3.24. The lowest BCUT2D eigenvalue weighted by Crippen LogP contribution is -2.37. The molecule has 1 saturated heterocycles. The highest BCUT2D eigenvalue weighted by molar-refractivity contribution is 5.25. The third kappa shape index (κ3) is 11.3. The maximum atomic E-state index is 3.57. The van der Waals surface area contributed by atoms with E-state index < -0.39 is 0 Å². The molecule has 2 rings (SSSR count). The number of aryl methyl sites for hydroxylation is 2. The zero-order valence-corrected chi connectivity index (χ0v) is 18.5. The SMILES string of the molecule is C=C/C=C/CCC=CC.CNCCN1CCC(CCc2ccccc2C)CC1. The number of hydrogen-bond donors (Lipinski definition) is 1. The predicted octanol–water partition coefficient (Wildman–Crippen LogP) is 5.94. The number of nitrogens with zero attached hydrogens (tertiary/aromatic N) is 1. The summed E-state index contributed by atoms with van der Waals surface area (Å²) in [7, 11) is 2.04. The van der Waals surface area contributed by atoms with Crippen molar-refractivity contribution in [3.63, 3.8) is 0 Å². The highest BCUT2D eigenvalue weighted by Crippen LogP contribution is 2.23. The van der Waals surface area contributed by atoms with Gasteiger partial charge in [0.15, 0.2) is 0 Å². The molecule has 1 aromatic rings. The molecule has 0 amide bonds. The molecule has 0 unspecified atom stereocenters. The molecule has 1 N–H and O–H groups in total. The van der Waals surface area contributed by atoms with Gasteiger partial charge in [0.25, 0.3) is 0 Å². The Balaban J connectivity index is 0.000000370. The van der Waals surface area contributed by atoms with Crippen LogP contribution >= 0.6 is 0 Å². The molecule has 1 aliphatic heterocycles. The number of unbranched alkanes of at least 4 members (excludes halogenated alkanes) is 1. The zero-order chi connectivity index (χ0) is 20.5. The third-order valence-corrected chi connectivity index (χ3v) is 5.48. The molecule has 1 aliphatic rings. The molecule has 2 nitrogen and oxygen atoms in total. The summed E-state index contributed by atoms with van der Waals surface area (Å²) in [6.07, 6.45) is 17.8. The van der Waals surface area contributed by atoms with E-state index in [9.17, 15) is 0 Å². The monoisotopic (exact) mass is 382 g/mol. The Morgan fingerprint density at radius 2 is 1.86 bits per heavy atom. The van der Waals surface area contributed by atoms with Crippen molar-refractivity contribution in [2.45, 2.75) is 52.4 Å². The van der Waals surface area contributed by atoms with Crippen molar-refractivity contribution >= 4 is 0 Å². The normalized spacial score (nSPS) is 15.7. The molecule has 0 aliphatic carbocycles. The Kier molecular flexibility index (Phi) is 14.2. The smallest absolute Gasteiger partial charge is 0.0107 e. The zero-order valence-electron chi connectivity index (χ0n) is 18.5. The van der Waals surface area contributed by atoms with Crippen LogP contribution in [0, 0.1) is 12.8 Å². The van der Waals surface area contributed by atoms with Crippen LogP contribution in [0.5, 0.6) is 0 Å². The largest absolute Gasteiger partial charge is 0.318 e. The third-order valence-electron chi connectivity index (χ3n) is 5.48. The average molecular weight is 383 g/mol. The Morgan fingerprint density at radius 3 is 2.50 bits per heavy atom. The van der Waals surface area contributed by atoms with Crippen LogP contribution in [-0.2, 0) is 6.42 Å². The summed E-state index contributed by atoms with van der Waals surface area (Å²) in [5.41, 5.74) is 2.99. The molecule has 0 spiro atoms. The summed E-state index contributed by atoms with van der Waals surface area (Å²) in [5.74, 6) is 0.936. The van der Waals surface area contributed by atoms with Gasteiger partial charge in [-0.25, -0.2) is 0 Å². The van der Waals surface area contributed by atoms with E-state index in [0.29, 0.717) is 0 Å². The molecule has 0 atom stereocenters. The number of likely N-dealkylation sites (tertiary alicyclic amines) is 1. The first-order valence-electron chi connectivity index (χ1n) is 11.0. The van der Waals surface area contributed by atoms with E-state index >= 15 is 0 Å². The Bertz CT molecular complexity index is 566. The second-order valence-corrected chi connectivity index (χ2v) is 7.66. The first-order chi connectivity index (χ1) is 13.7. The van der Waals surface area contributed by atoms with E-state index in [-0.39, 0.29) is 0 Å². The molecule has 1 heterocycles. The van der Waals surface area contributed by atoms with Gasteiger partial charge in [-0.1, -0.05) is 61.2 Å². The predicted molar refractivity (Wildman–Crippen MR) is 126 cm³/mol. The van der Waals surface area contributed by atoms with E-state index in [1.165, 1.54) is 50.9 Å². The molecule has 156 valence electrons. The molecule has 1 fully saturated rings. The summed E-state index contributed by atoms with van der Waals surface area (Å²) in [4.78, 5) is 2.60. The second-order valence-electron chi connectivity index (χ2n) is 7.66. The van der Waals surface area contributed by atoms with Crippen LogP contribution in [0.25, 0.3) is 0 Å². The lowest BCUT2D eigenvalue weighted by Gasteiger charge is -2.32. The number of allylic oxidation sites excluding steroid dienone is 5. The van der Waals surface area contributed by atoms with Gasteiger partial charge >= 0.3 is 0 Å². The van der Waals surface area contributed by atoms with Crippen LogP contribution < -0.4 is 5.32 Å². The second kappa shape index (κ2) is 16.3. The van der Waals surface area contributed by atoms with Crippen molar-refractivity contribution in [1.29, 1.82) is 0 Å². The molecule has 28 heavy (non-hydrogen) atoms. The fourth-order valence-electron chi connectivity index (χ4n) is 3.57. The van der Waals surface area contributed by atoms with Gasteiger partial charge in [0, 0.05) is 13.1 Å². The van der Waals surface area contributed by atoms with Gasteiger partial charge < -0.3 is 10.2 Å². The number of rotatable bonds is 10. The van der Waals surface area contributed by atoms with Crippen LogP contribution in [0.1, 0.15) is 50.2 Å². The fraction of sp³-hybridized carbons (Fsp3) is 0.538. The molecule has 0 aromatic heterocycles. The van der Waals surface area contributed by atoms with Crippen molar-refractivity contribution in [3.05, 3.63) is 72.4 Å². The molecular weight excluding hydrogens is 340 g/mol. The Labute approximate surface area is 174 Å². The van der Waals surface area contributed by atoms with Crippen molar-refractivity contribution in [1.82, 2.24) is 10.2 Å². The topological polar surface area (TPSA) is 15.3 Å². The quantitative estimate of drug-likeness (QED) is 0.306. The summed E-state index contributed by atoms with van der Waals surface area (Å²) in [6.45, 7) is 12.8. The first kappa shape index (κ1) is 24.4. The minimum absolute atomic E-state index is 0.936. The highest BCUT2D eigenvalue weighted by atomic mass is 15.1. The molecule has 0 radical (unpaired) electrons. The summed E-state index contributed by atoms with van der Waals surface area (Å²) < 4.78 is 0. The van der Waals surface area contributed by atoms with Gasteiger partial charge in [-0.3, -0.25) is 0 Å². The Hall–Kier alpha value is -1.64. The number of piperidine rings is 1. The van der Waals surface area contributed by atoms with Gasteiger partial charge in [-0.05, 0) is 89.6 Å². The molecule has 0 saturated carbocycles. The van der Waals surface area contributed by atoms with E-state index in [2.05, 4.69) is 66.2 Å². The number of hydrogen-bond acceptors (Lipinski definition) is 2. The first-order valence-corrected chi connectivity index (χ1v) is 11.0. The van der Waals surface area contributed by atoms with Gasteiger partial charge in [0.1, 0.15) is 0 Å². The van der Waals surface area contributed by atoms with E-state index in [0.717, 1.165) is 25.3 Å². The molecular formula is C26H42N2. The van der Waals surface area contributed by atoms with Crippen LogP contribution in [0.2, 0.25) is 0 Å². The number of benzene rings is 1. The summed E-state index contributed by atoms with van der Waals surface area (Å²) >= 11 is 0. The average Bonchev–Trinajstić information content (AvgIpc) is 2.73. The minimum Gasteiger partial charge on any atom is -0.318 e. The molecule has 0 bridgehead atoms. The van der Waals surface area contributed by atoms with Crippen LogP contribution in [0.4, 0.5) is 0 Å². The fourth-order valence-corrected chi connectivity index (χ4v) is 3.57. The maximum absolute atomic E-state index is 3.57. The number of likely N-dealkylation sites (N-methyl/N-ethyl adjacent to an activating group) is 1. The van der Waals surface area contributed by atoms with E-state index in [1.54, 1.807) is 11.6 Å². The van der Waals surface area contributed by atoms with Crippen molar-refractivity contribution < 1.29 is 0 Å². The number of nitrogens with one attached hydrogen (secondary N) is 1. The molecule has 2 heteroatoms. The van der Waals surface area contributed by atoms with E-state index in [4.69, 9.17) is 0 Å². The van der Waals surface area contributed by atoms with Crippen molar-refractivity contribution in [2.24, 2.45) is 5.92 Å². The van der Waals surface area contributed by atoms with Gasteiger partial charge in [0.05, 0.1) is 0 Å². The van der Waals surface area contributed by atoms with Crippen molar-refractivity contribution in [2.75, 3.05) is 33.2 Å². The van der Waals surface area contributed by atoms with Crippen molar-refractivity contribution in [3.8, 4) is 0 Å². The lowest BCUT2D eigenvalue weighted by atomic mass is 9.89. The minimum atomic E-state index is 0.936. The van der Waals surface area contributed by atoms with Gasteiger partial charge in [-0.15, -0.1) is 0 Å². The summed E-state index contributed by atoms with van der Waals surface area (Å²) in [6, 6.07) is 8.83. The van der Waals surface area contributed by atoms with Crippen LogP contribution in [-0.4, -0.2) is 38.1 Å². The Morgan fingerprint density at radius 1 is 1.14 bits per heavy atom.